The zero-order valence-corrected chi connectivity index (χ0v) is 11.2. The summed E-state index contributed by atoms with van der Waals surface area (Å²) in [4.78, 5) is 20.4. The first-order chi connectivity index (χ1) is 9.08. The van der Waals surface area contributed by atoms with Crippen molar-refractivity contribution in [2.45, 2.75) is 19.9 Å². The van der Waals surface area contributed by atoms with Crippen LogP contribution in [0.1, 0.15) is 19.9 Å². The number of hydrogen-bond acceptors (Lipinski definition) is 5. The molecular formula is C12H17N5O2. The van der Waals surface area contributed by atoms with Crippen LogP contribution >= 0.6 is 0 Å². The minimum Gasteiger partial charge on any atom is -0.481 e. The number of methoxy groups -OCH3 is 1. The summed E-state index contributed by atoms with van der Waals surface area (Å²) in [6.45, 7) is 4.18. The molecule has 0 saturated heterocycles. The highest BCUT2D eigenvalue weighted by Gasteiger charge is 2.21. The summed E-state index contributed by atoms with van der Waals surface area (Å²) in [7, 11) is 1.53. The van der Waals surface area contributed by atoms with E-state index in [1.807, 2.05) is 6.92 Å². The van der Waals surface area contributed by atoms with Gasteiger partial charge in [0.15, 0.2) is 5.65 Å². The second-order valence-corrected chi connectivity index (χ2v) is 4.11. The maximum atomic E-state index is 11.9. The van der Waals surface area contributed by atoms with Gasteiger partial charge in [0.2, 0.25) is 17.7 Å². The van der Waals surface area contributed by atoms with Crippen LogP contribution in [0.15, 0.2) is 12.1 Å². The van der Waals surface area contributed by atoms with Crippen molar-refractivity contribution < 1.29 is 9.53 Å². The maximum absolute atomic E-state index is 11.9. The van der Waals surface area contributed by atoms with Crippen LogP contribution in [0, 0.1) is 0 Å². The molecule has 2 heterocycles. The molecule has 0 fully saturated rings. The fraction of sp³-hybridized carbons (Fsp3) is 0.417. The van der Waals surface area contributed by atoms with Crippen molar-refractivity contribution in [3.63, 3.8) is 0 Å². The molecule has 1 atom stereocenters. The van der Waals surface area contributed by atoms with Gasteiger partial charge >= 0.3 is 0 Å². The quantitative estimate of drug-likeness (QED) is 0.847. The van der Waals surface area contributed by atoms with Crippen molar-refractivity contribution in [3.05, 3.63) is 12.1 Å². The smallest absolute Gasteiger partial charge is 0.242 e. The zero-order valence-electron chi connectivity index (χ0n) is 11.2. The first-order valence-electron chi connectivity index (χ1n) is 6.04. The number of nitrogens with zero attached hydrogens (tertiary/aromatic N) is 3. The van der Waals surface area contributed by atoms with E-state index in [2.05, 4.69) is 15.3 Å². The third kappa shape index (κ3) is 2.31. The molecule has 7 nitrogen and oxygen atoms in total. The number of anilines is 1. The Morgan fingerprint density at radius 1 is 1.53 bits per heavy atom. The molecule has 0 radical (unpaired) electrons. The van der Waals surface area contributed by atoms with Gasteiger partial charge in [-0.25, -0.2) is 4.98 Å². The van der Waals surface area contributed by atoms with Crippen LogP contribution in [0.4, 0.5) is 5.95 Å². The molecule has 0 aromatic carbocycles. The number of nitrogen functional groups attached to an aromatic ring is 1. The van der Waals surface area contributed by atoms with Crippen LogP contribution in [-0.4, -0.2) is 34.1 Å². The van der Waals surface area contributed by atoms with Crippen LogP contribution in [0.25, 0.3) is 11.2 Å². The Kier molecular flexibility index (Phi) is 3.55. The first-order valence-corrected chi connectivity index (χ1v) is 6.04. The molecule has 0 bridgehead atoms. The van der Waals surface area contributed by atoms with E-state index in [4.69, 9.17) is 10.5 Å². The van der Waals surface area contributed by atoms with Gasteiger partial charge in [-0.1, -0.05) is 0 Å². The normalized spacial score (nSPS) is 12.4. The van der Waals surface area contributed by atoms with Gasteiger partial charge in [0.25, 0.3) is 0 Å². The van der Waals surface area contributed by atoms with E-state index in [0.29, 0.717) is 23.6 Å². The number of nitrogens with one attached hydrogen (secondary N) is 1. The number of pyridine rings is 1. The molecule has 1 unspecified atom stereocenters. The molecule has 1 amide bonds. The summed E-state index contributed by atoms with van der Waals surface area (Å²) >= 11 is 0. The van der Waals surface area contributed by atoms with E-state index in [0.717, 1.165) is 0 Å². The molecule has 2 aromatic rings. The standard InChI is InChI=1S/C12H17N5O2/c1-4-14-11(18)7(2)17-10-8(15-12(17)13)5-6-9(16-10)19-3/h5-7H,4H2,1-3H3,(H2,13,15)(H,14,18). The van der Waals surface area contributed by atoms with Gasteiger partial charge in [-0.15, -0.1) is 0 Å². The Morgan fingerprint density at radius 2 is 2.26 bits per heavy atom. The number of aromatic nitrogens is 3. The van der Waals surface area contributed by atoms with Gasteiger partial charge in [-0.3, -0.25) is 9.36 Å². The summed E-state index contributed by atoms with van der Waals surface area (Å²) in [6, 6.07) is 2.98. The molecule has 102 valence electrons. The molecule has 0 aliphatic carbocycles. The molecule has 0 spiro atoms. The lowest BCUT2D eigenvalue weighted by Crippen LogP contribution is -2.31. The Labute approximate surface area is 110 Å². The van der Waals surface area contributed by atoms with Crippen LogP contribution in [-0.2, 0) is 4.79 Å². The number of likely N-dealkylation sites (N-methyl/N-ethyl adjacent to an activating group) is 1. The SMILES string of the molecule is CCNC(=O)C(C)n1c(N)nc2ccc(OC)nc21. The van der Waals surface area contributed by atoms with Gasteiger partial charge in [-0.2, -0.15) is 4.98 Å². The number of ether oxygens (including phenoxy) is 1. The van der Waals surface area contributed by atoms with Crippen molar-refractivity contribution in [2.75, 3.05) is 19.4 Å². The highest BCUT2D eigenvalue weighted by atomic mass is 16.5. The molecule has 0 aliphatic rings. The van der Waals surface area contributed by atoms with Crippen molar-refractivity contribution in [1.82, 2.24) is 19.9 Å². The molecule has 2 aromatic heterocycles. The number of carbonyl (C=O) groups excluding carboxylic acids is 1. The van der Waals surface area contributed by atoms with E-state index in [-0.39, 0.29) is 11.9 Å². The van der Waals surface area contributed by atoms with E-state index >= 15 is 0 Å². The van der Waals surface area contributed by atoms with Crippen molar-refractivity contribution >= 4 is 23.0 Å². The molecular weight excluding hydrogens is 246 g/mol. The van der Waals surface area contributed by atoms with E-state index in [9.17, 15) is 4.79 Å². The summed E-state index contributed by atoms with van der Waals surface area (Å²) < 4.78 is 6.68. The van der Waals surface area contributed by atoms with Crippen molar-refractivity contribution in [1.29, 1.82) is 0 Å². The largest absolute Gasteiger partial charge is 0.481 e. The number of amides is 1. The van der Waals surface area contributed by atoms with Gasteiger partial charge in [0, 0.05) is 12.6 Å². The number of imidazole rings is 1. The molecule has 0 saturated carbocycles. The highest BCUT2D eigenvalue weighted by molar-refractivity contribution is 5.84. The monoisotopic (exact) mass is 263 g/mol. The van der Waals surface area contributed by atoms with Crippen LogP contribution in [0.5, 0.6) is 5.88 Å². The Hall–Kier alpha value is -2.31. The number of rotatable bonds is 4. The van der Waals surface area contributed by atoms with Crippen LogP contribution < -0.4 is 15.8 Å². The van der Waals surface area contributed by atoms with Crippen LogP contribution in [0.3, 0.4) is 0 Å². The van der Waals surface area contributed by atoms with E-state index < -0.39 is 6.04 Å². The van der Waals surface area contributed by atoms with E-state index in [1.54, 1.807) is 23.6 Å². The zero-order chi connectivity index (χ0) is 14.0. The number of carbonyl (C=O) groups is 1. The molecule has 2 rings (SSSR count). The molecule has 3 N–H and O–H groups in total. The lowest BCUT2D eigenvalue weighted by molar-refractivity contribution is -0.123. The molecule has 0 aliphatic heterocycles. The highest BCUT2D eigenvalue weighted by Crippen LogP contribution is 2.23. The minimum atomic E-state index is -0.482. The maximum Gasteiger partial charge on any atom is 0.242 e. The average Bonchev–Trinajstić information content (AvgIpc) is 2.72. The Bertz CT molecular complexity index is 607. The van der Waals surface area contributed by atoms with Gasteiger partial charge < -0.3 is 15.8 Å². The van der Waals surface area contributed by atoms with Gasteiger partial charge in [-0.05, 0) is 19.9 Å². The third-order valence-corrected chi connectivity index (χ3v) is 2.87. The average molecular weight is 263 g/mol. The predicted octanol–water partition coefficient (Wildman–Crippen LogP) is 0.719. The Balaban J connectivity index is 2.52. The topological polar surface area (TPSA) is 95.1 Å². The first kappa shape index (κ1) is 13.1. The lowest BCUT2D eigenvalue weighted by atomic mass is 10.3. The number of nitrogens with two attached hydrogens (primary N) is 1. The Morgan fingerprint density at radius 3 is 2.89 bits per heavy atom. The molecule has 7 heteroatoms. The minimum absolute atomic E-state index is 0.127. The third-order valence-electron chi connectivity index (χ3n) is 2.87. The lowest BCUT2D eigenvalue weighted by Gasteiger charge is -2.14. The van der Waals surface area contributed by atoms with Crippen LogP contribution in [0.2, 0.25) is 0 Å². The summed E-state index contributed by atoms with van der Waals surface area (Å²) in [5, 5.41) is 2.75. The predicted molar refractivity (Wildman–Crippen MR) is 71.9 cm³/mol. The fourth-order valence-corrected chi connectivity index (χ4v) is 1.91. The second kappa shape index (κ2) is 5.13. The fourth-order valence-electron chi connectivity index (χ4n) is 1.91. The molecule has 19 heavy (non-hydrogen) atoms. The summed E-state index contributed by atoms with van der Waals surface area (Å²) in [5.74, 6) is 0.587. The second-order valence-electron chi connectivity index (χ2n) is 4.11. The van der Waals surface area contributed by atoms with Crippen molar-refractivity contribution in [3.8, 4) is 5.88 Å². The summed E-state index contributed by atoms with van der Waals surface area (Å²) in [5.41, 5.74) is 7.04. The van der Waals surface area contributed by atoms with Gasteiger partial charge in [0.1, 0.15) is 11.6 Å². The number of hydrogen-bond donors (Lipinski definition) is 2. The number of fused-ring (bicyclic) bond motifs is 1. The summed E-state index contributed by atoms with van der Waals surface area (Å²) in [6.07, 6.45) is 0. The van der Waals surface area contributed by atoms with E-state index in [1.165, 1.54) is 7.11 Å². The van der Waals surface area contributed by atoms with Gasteiger partial charge in [0.05, 0.1) is 7.11 Å². The van der Waals surface area contributed by atoms with Crippen molar-refractivity contribution in [2.24, 2.45) is 0 Å².